The van der Waals surface area contributed by atoms with Crippen molar-refractivity contribution in [2.75, 3.05) is 0 Å². The molecular weight excluding hydrogens is 396 g/mol. The largest absolute Gasteiger partial charge is 0.385 e. The number of nitrogens with zero attached hydrogens (tertiary/aromatic N) is 6. The number of aliphatic hydroxyl groups is 1. The number of rotatable bonds is 4. The summed E-state index contributed by atoms with van der Waals surface area (Å²) >= 11 is 5.91. The normalized spacial score (nSPS) is 21.4. The SMILES string of the molecule is Cn1cnc2ncn(Cc3nc(C4CC(O)(c5ccc(Cl)cc5)C4)no3)c(=O)c21. The second-order valence-corrected chi connectivity index (χ2v) is 7.83. The molecule has 0 radical (unpaired) electrons. The summed E-state index contributed by atoms with van der Waals surface area (Å²) in [5.74, 6) is 0.830. The molecule has 148 valence electrons. The summed E-state index contributed by atoms with van der Waals surface area (Å²) in [6, 6.07) is 7.18. The van der Waals surface area contributed by atoms with Gasteiger partial charge in [-0.2, -0.15) is 4.98 Å². The standard InChI is InChI=1S/C19H17ClN6O3/c1-25-9-21-17-15(25)18(27)26(10-22-17)8-14-23-16(24-29-14)11-6-19(28,7-11)12-2-4-13(20)5-3-12/h2-5,9-11,28H,6-8H2,1H3. The van der Waals surface area contributed by atoms with Crippen LogP contribution in [0.15, 0.2) is 46.2 Å². The molecule has 0 spiro atoms. The van der Waals surface area contributed by atoms with Crippen LogP contribution in [0.4, 0.5) is 0 Å². The van der Waals surface area contributed by atoms with Crippen LogP contribution in [0.25, 0.3) is 11.2 Å². The summed E-state index contributed by atoms with van der Waals surface area (Å²) in [4.78, 5) is 25.3. The van der Waals surface area contributed by atoms with Crippen LogP contribution >= 0.6 is 11.6 Å². The highest BCUT2D eigenvalue weighted by Gasteiger charge is 2.46. The molecule has 1 aromatic carbocycles. The monoisotopic (exact) mass is 412 g/mol. The molecule has 0 atom stereocenters. The third kappa shape index (κ3) is 3.02. The van der Waals surface area contributed by atoms with Crippen LogP contribution in [-0.4, -0.2) is 34.3 Å². The van der Waals surface area contributed by atoms with Crippen molar-refractivity contribution < 1.29 is 9.63 Å². The lowest BCUT2D eigenvalue weighted by atomic mass is 9.67. The lowest BCUT2D eigenvalue weighted by Crippen LogP contribution is -2.40. The number of aryl methyl sites for hydroxylation is 1. The molecule has 3 heterocycles. The van der Waals surface area contributed by atoms with Gasteiger partial charge in [0, 0.05) is 18.0 Å². The van der Waals surface area contributed by atoms with Gasteiger partial charge in [-0.3, -0.25) is 9.36 Å². The van der Waals surface area contributed by atoms with Crippen LogP contribution in [0, 0.1) is 0 Å². The number of hydrogen-bond donors (Lipinski definition) is 1. The summed E-state index contributed by atoms with van der Waals surface area (Å²) in [6.45, 7) is 0.119. The van der Waals surface area contributed by atoms with Crippen molar-refractivity contribution in [3.8, 4) is 0 Å². The van der Waals surface area contributed by atoms with E-state index in [9.17, 15) is 9.90 Å². The Morgan fingerprint density at radius 2 is 1.97 bits per heavy atom. The topological polar surface area (TPSA) is 112 Å². The number of hydrogen-bond acceptors (Lipinski definition) is 7. The predicted octanol–water partition coefficient (Wildman–Crippen LogP) is 1.98. The number of fused-ring (bicyclic) bond motifs is 1. The molecular formula is C19H17ClN6O3. The van der Waals surface area contributed by atoms with Crippen LogP contribution in [0.1, 0.15) is 36.0 Å². The van der Waals surface area contributed by atoms with E-state index in [0.29, 0.717) is 40.7 Å². The number of imidazole rings is 1. The Bertz CT molecular complexity index is 1250. The Morgan fingerprint density at radius 1 is 1.24 bits per heavy atom. The summed E-state index contributed by atoms with van der Waals surface area (Å²) in [5, 5.41) is 15.5. The smallest absolute Gasteiger partial charge is 0.280 e. The fourth-order valence-electron chi connectivity index (χ4n) is 3.76. The van der Waals surface area contributed by atoms with E-state index in [4.69, 9.17) is 16.1 Å². The van der Waals surface area contributed by atoms with Gasteiger partial charge >= 0.3 is 0 Å². The van der Waals surface area contributed by atoms with E-state index < -0.39 is 5.60 Å². The molecule has 0 aliphatic heterocycles. The van der Waals surface area contributed by atoms with Gasteiger partial charge in [0.1, 0.15) is 12.9 Å². The summed E-state index contributed by atoms with van der Waals surface area (Å²) < 4.78 is 8.36. The van der Waals surface area contributed by atoms with Crippen molar-refractivity contribution in [2.45, 2.75) is 30.9 Å². The second kappa shape index (κ2) is 6.50. The van der Waals surface area contributed by atoms with Crippen LogP contribution in [0.3, 0.4) is 0 Å². The lowest BCUT2D eigenvalue weighted by molar-refractivity contribution is -0.0573. The van der Waals surface area contributed by atoms with E-state index in [-0.39, 0.29) is 18.0 Å². The predicted molar refractivity (Wildman–Crippen MR) is 103 cm³/mol. The Balaban J connectivity index is 1.32. The first kappa shape index (κ1) is 18.0. The number of halogens is 1. The fourth-order valence-corrected chi connectivity index (χ4v) is 3.89. The molecule has 1 N–H and O–H groups in total. The molecule has 5 rings (SSSR count). The third-order valence-electron chi connectivity index (χ3n) is 5.40. The van der Waals surface area contributed by atoms with Crippen molar-refractivity contribution in [3.63, 3.8) is 0 Å². The Hall–Kier alpha value is -3.04. The van der Waals surface area contributed by atoms with Crippen molar-refractivity contribution in [3.05, 3.63) is 69.6 Å². The molecule has 0 amide bonds. The molecule has 0 unspecified atom stereocenters. The number of benzene rings is 1. The second-order valence-electron chi connectivity index (χ2n) is 7.40. The molecule has 1 aliphatic rings. The molecule has 1 fully saturated rings. The van der Waals surface area contributed by atoms with Crippen molar-refractivity contribution in [2.24, 2.45) is 7.05 Å². The Labute approximate surface area is 169 Å². The van der Waals surface area contributed by atoms with Crippen LogP contribution in [0.2, 0.25) is 5.02 Å². The molecule has 3 aromatic heterocycles. The Kier molecular flexibility index (Phi) is 4.04. The quantitative estimate of drug-likeness (QED) is 0.545. The first-order valence-corrected chi connectivity index (χ1v) is 9.48. The average Bonchev–Trinajstić information content (AvgIpc) is 3.29. The minimum atomic E-state index is -0.915. The lowest BCUT2D eigenvalue weighted by Gasteiger charge is -2.42. The van der Waals surface area contributed by atoms with Gasteiger partial charge in [-0.1, -0.05) is 28.9 Å². The van der Waals surface area contributed by atoms with Crippen molar-refractivity contribution >= 4 is 22.8 Å². The van der Waals surface area contributed by atoms with Gasteiger partial charge in [0.25, 0.3) is 5.56 Å². The van der Waals surface area contributed by atoms with Crippen molar-refractivity contribution in [1.82, 2.24) is 29.2 Å². The van der Waals surface area contributed by atoms with E-state index in [1.54, 1.807) is 30.1 Å². The number of aromatic nitrogens is 6. The molecule has 1 saturated carbocycles. The minimum absolute atomic E-state index is 0.0115. The Morgan fingerprint density at radius 3 is 2.72 bits per heavy atom. The van der Waals surface area contributed by atoms with Gasteiger partial charge < -0.3 is 14.2 Å². The molecule has 29 heavy (non-hydrogen) atoms. The van der Waals surface area contributed by atoms with Gasteiger partial charge in [0.05, 0.1) is 11.9 Å². The van der Waals surface area contributed by atoms with E-state index >= 15 is 0 Å². The van der Waals surface area contributed by atoms with E-state index in [2.05, 4.69) is 20.1 Å². The zero-order valence-electron chi connectivity index (χ0n) is 15.5. The maximum atomic E-state index is 12.6. The zero-order valence-corrected chi connectivity index (χ0v) is 16.2. The molecule has 0 saturated heterocycles. The van der Waals surface area contributed by atoms with E-state index in [1.165, 1.54) is 10.9 Å². The summed E-state index contributed by atoms with van der Waals surface area (Å²) in [5.41, 5.74) is 0.497. The van der Waals surface area contributed by atoms with Crippen LogP contribution in [-0.2, 0) is 19.2 Å². The molecule has 10 heteroatoms. The highest BCUT2D eigenvalue weighted by molar-refractivity contribution is 6.30. The van der Waals surface area contributed by atoms with E-state index in [0.717, 1.165) is 5.56 Å². The van der Waals surface area contributed by atoms with Gasteiger partial charge in [-0.15, -0.1) is 0 Å². The first-order chi connectivity index (χ1) is 13.9. The van der Waals surface area contributed by atoms with Gasteiger partial charge in [0.15, 0.2) is 17.0 Å². The summed E-state index contributed by atoms with van der Waals surface area (Å²) in [6.07, 6.45) is 3.96. The maximum absolute atomic E-state index is 12.6. The molecule has 9 nitrogen and oxygen atoms in total. The van der Waals surface area contributed by atoms with Gasteiger partial charge in [0.2, 0.25) is 5.89 Å². The highest BCUT2D eigenvalue weighted by Crippen LogP contribution is 2.50. The fraction of sp³-hybridized carbons (Fsp3) is 0.316. The van der Waals surface area contributed by atoms with E-state index in [1.807, 2.05) is 12.1 Å². The molecule has 0 bridgehead atoms. The first-order valence-electron chi connectivity index (χ1n) is 9.10. The minimum Gasteiger partial charge on any atom is -0.385 e. The van der Waals surface area contributed by atoms with Crippen molar-refractivity contribution in [1.29, 1.82) is 0 Å². The van der Waals surface area contributed by atoms with Crippen LogP contribution in [0.5, 0.6) is 0 Å². The zero-order chi connectivity index (χ0) is 20.2. The highest BCUT2D eigenvalue weighted by atomic mass is 35.5. The van der Waals surface area contributed by atoms with Gasteiger partial charge in [-0.25, -0.2) is 9.97 Å². The third-order valence-corrected chi connectivity index (χ3v) is 5.66. The average molecular weight is 413 g/mol. The summed E-state index contributed by atoms with van der Waals surface area (Å²) in [7, 11) is 1.74. The van der Waals surface area contributed by atoms with Crippen LogP contribution < -0.4 is 5.56 Å². The molecule has 4 aromatic rings. The molecule has 1 aliphatic carbocycles. The van der Waals surface area contributed by atoms with Gasteiger partial charge in [-0.05, 0) is 30.5 Å². The maximum Gasteiger partial charge on any atom is 0.280 e.